The Bertz CT molecular complexity index is 369. The molecule has 1 N–H and O–H groups in total. The molecule has 2 fully saturated rings. The molecular formula is C13H22N4. The number of nitrogens with one attached hydrogen (secondary N) is 1. The fraction of sp³-hybridized carbons (Fsp3) is 0.769. The SMILES string of the molecule is CCNCc1cncn1C1CCN(C2CC2)C1. The number of hydrogen-bond donors (Lipinski definition) is 1. The Hall–Kier alpha value is -0.870. The highest BCUT2D eigenvalue weighted by Crippen LogP contribution is 2.33. The summed E-state index contributed by atoms with van der Waals surface area (Å²) in [6.45, 7) is 6.60. The highest BCUT2D eigenvalue weighted by molar-refractivity contribution is 5.03. The predicted octanol–water partition coefficient (Wildman–Crippen LogP) is 1.40. The van der Waals surface area contributed by atoms with E-state index in [1.165, 1.54) is 38.0 Å². The Morgan fingerprint density at radius 3 is 3.00 bits per heavy atom. The van der Waals surface area contributed by atoms with E-state index < -0.39 is 0 Å². The summed E-state index contributed by atoms with van der Waals surface area (Å²) in [7, 11) is 0. The Kier molecular flexibility index (Phi) is 3.16. The van der Waals surface area contributed by atoms with Crippen molar-refractivity contribution in [1.82, 2.24) is 19.8 Å². The second-order valence-electron chi connectivity index (χ2n) is 5.24. The van der Waals surface area contributed by atoms with E-state index in [1.54, 1.807) is 0 Å². The minimum Gasteiger partial charge on any atom is -0.329 e. The lowest BCUT2D eigenvalue weighted by molar-refractivity contribution is 0.312. The van der Waals surface area contributed by atoms with Gasteiger partial charge in [-0.1, -0.05) is 6.92 Å². The molecule has 2 aliphatic rings. The summed E-state index contributed by atoms with van der Waals surface area (Å²) in [5.74, 6) is 0. The second kappa shape index (κ2) is 4.78. The molecule has 0 radical (unpaired) electrons. The van der Waals surface area contributed by atoms with Gasteiger partial charge in [-0.05, 0) is 25.8 Å². The molecule has 4 nitrogen and oxygen atoms in total. The van der Waals surface area contributed by atoms with Gasteiger partial charge >= 0.3 is 0 Å². The van der Waals surface area contributed by atoms with Crippen LogP contribution in [0.3, 0.4) is 0 Å². The van der Waals surface area contributed by atoms with Gasteiger partial charge in [0.25, 0.3) is 0 Å². The number of nitrogens with zero attached hydrogens (tertiary/aromatic N) is 3. The van der Waals surface area contributed by atoms with E-state index in [-0.39, 0.29) is 0 Å². The number of rotatable bonds is 5. The van der Waals surface area contributed by atoms with E-state index in [2.05, 4.69) is 26.7 Å². The monoisotopic (exact) mass is 234 g/mol. The van der Waals surface area contributed by atoms with Gasteiger partial charge in [0.15, 0.2) is 0 Å². The molecular weight excluding hydrogens is 212 g/mol. The molecule has 0 spiro atoms. The van der Waals surface area contributed by atoms with Crippen LogP contribution in [0.4, 0.5) is 0 Å². The van der Waals surface area contributed by atoms with Gasteiger partial charge < -0.3 is 9.88 Å². The molecule has 0 bridgehead atoms. The van der Waals surface area contributed by atoms with E-state index in [0.29, 0.717) is 6.04 Å². The molecule has 1 aromatic rings. The quantitative estimate of drug-likeness (QED) is 0.836. The zero-order valence-electron chi connectivity index (χ0n) is 10.6. The van der Waals surface area contributed by atoms with Gasteiger partial charge in [0.2, 0.25) is 0 Å². The molecule has 1 atom stereocenters. The fourth-order valence-corrected chi connectivity index (χ4v) is 2.82. The molecule has 4 heteroatoms. The average Bonchev–Trinajstić information content (AvgIpc) is 2.92. The molecule has 1 saturated carbocycles. The lowest BCUT2D eigenvalue weighted by Gasteiger charge is -2.17. The molecule has 1 saturated heterocycles. The summed E-state index contributed by atoms with van der Waals surface area (Å²) >= 11 is 0. The van der Waals surface area contributed by atoms with E-state index in [0.717, 1.165) is 19.1 Å². The Morgan fingerprint density at radius 1 is 1.35 bits per heavy atom. The van der Waals surface area contributed by atoms with Crippen molar-refractivity contribution in [2.45, 2.75) is 44.8 Å². The van der Waals surface area contributed by atoms with Gasteiger partial charge in [0.05, 0.1) is 12.0 Å². The normalized spacial score (nSPS) is 25.6. The van der Waals surface area contributed by atoms with Crippen LogP contribution in [-0.2, 0) is 6.54 Å². The highest BCUT2D eigenvalue weighted by Gasteiger charge is 2.35. The molecule has 3 rings (SSSR count). The molecule has 2 heterocycles. The van der Waals surface area contributed by atoms with Crippen molar-refractivity contribution in [3.63, 3.8) is 0 Å². The first kappa shape index (κ1) is 11.2. The van der Waals surface area contributed by atoms with Gasteiger partial charge in [0, 0.05) is 37.9 Å². The molecule has 0 amide bonds. The fourth-order valence-electron chi connectivity index (χ4n) is 2.82. The Morgan fingerprint density at radius 2 is 2.24 bits per heavy atom. The first-order valence-electron chi connectivity index (χ1n) is 6.84. The Labute approximate surface area is 103 Å². The summed E-state index contributed by atoms with van der Waals surface area (Å²) in [4.78, 5) is 6.96. The maximum absolute atomic E-state index is 4.31. The maximum Gasteiger partial charge on any atom is 0.0951 e. The van der Waals surface area contributed by atoms with Crippen molar-refractivity contribution >= 4 is 0 Å². The zero-order chi connectivity index (χ0) is 11.7. The van der Waals surface area contributed by atoms with Gasteiger partial charge in [-0.25, -0.2) is 4.98 Å². The third-order valence-corrected chi connectivity index (χ3v) is 3.95. The first-order valence-corrected chi connectivity index (χ1v) is 6.84. The number of aromatic nitrogens is 2. The zero-order valence-corrected chi connectivity index (χ0v) is 10.6. The number of likely N-dealkylation sites (tertiary alicyclic amines) is 1. The summed E-state index contributed by atoms with van der Waals surface area (Å²) in [5, 5.41) is 3.39. The summed E-state index contributed by atoms with van der Waals surface area (Å²) < 4.78 is 2.38. The van der Waals surface area contributed by atoms with E-state index in [9.17, 15) is 0 Å². The minimum atomic E-state index is 0.645. The van der Waals surface area contributed by atoms with Gasteiger partial charge in [-0.3, -0.25) is 4.90 Å². The largest absolute Gasteiger partial charge is 0.329 e. The van der Waals surface area contributed by atoms with Crippen LogP contribution in [0.5, 0.6) is 0 Å². The van der Waals surface area contributed by atoms with Crippen LogP contribution in [0.2, 0.25) is 0 Å². The van der Waals surface area contributed by atoms with Crippen molar-refractivity contribution in [2.75, 3.05) is 19.6 Å². The lowest BCUT2D eigenvalue weighted by atomic mass is 10.2. The average molecular weight is 234 g/mol. The van der Waals surface area contributed by atoms with Crippen LogP contribution < -0.4 is 5.32 Å². The topological polar surface area (TPSA) is 33.1 Å². The molecule has 0 aromatic carbocycles. The van der Waals surface area contributed by atoms with Crippen LogP contribution in [0.1, 0.15) is 37.9 Å². The summed E-state index contributed by atoms with van der Waals surface area (Å²) in [6.07, 6.45) is 8.13. The van der Waals surface area contributed by atoms with Crippen molar-refractivity contribution in [3.05, 3.63) is 18.2 Å². The predicted molar refractivity (Wildman–Crippen MR) is 67.9 cm³/mol. The second-order valence-corrected chi connectivity index (χ2v) is 5.24. The first-order chi connectivity index (χ1) is 8.38. The number of imidazole rings is 1. The maximum atomic E-state index is 4.31. The lowest BCUT2D eigenvalue weighted by Crippen LogP contribution is -2.24. The third kappa shape index (κ3) is 2.38. The van der Waals surface area contributed by atoms with Crippen LogP contribution in [0.15, 0.2) is 12.5 Å². The number of hydrogen-bond acceptors (Lipinski definition) is 3. The standard InChI is InChI=1S/C13H22N4/c1-2-14-7-13-8-15-10-17(13)12-5-6-16(9-12)11-3-4-11/h8,10-12,14H,2-7,9H2,1H3. The summed E-state index contributed by atoms with van der Waals surface area (Å²) in [5.41, 5.74) is 1.33. The van der Waals surface area contributed by atoms with Crippen LogP contribution in [0, 0.1) is 0 Å². The smallest absolute Gasteiger partial charge is 0.0951 e. The van der Waals surface area contributed by atoms with Crippen molar-refractivity contribution in [2.24, 2.45) is 0 Å². The third-order valence-electron chi connectivity index (χ3n) is 3.95. The molecule has 1 aliphatic heterocycles. The van der Waals surface area contributed by atoms with Crippen molar-refractivity contribution in [1.29, 1.82) is 0 Å². The van der Waals surface area contributed by atoms with Crippen LogP contribution in [0.25, 0.3) is 0 Å². The molecule has 94 valence electrons. The van der Waals surface area contributed by atoms with E-state index >= 15 is 0 Å². The highest BCUT2D eigenvalue weighted by atomic mass is 15.2. The van der Waals surface area contributed by atoms with Crippen LogP contribution >= 0.6 is 0 Å². The van der Waals surface area contributed by atoms with Crippen molar-refractivity contribution in [3.8, 4) is 0 Å². The molecule has 1 aromatic heterocycles. The van der Waals surface area contributed by atoms with E-state index in [1.807, 2.05) is 12.5 Å². The Balaban J connectivity index is 1.65. The van der Waals surface area contributed by atoms with Gasteiger partial charge in [0.1, 0.15) is 0 Å². The van der Waals surface area contributed by atoms with Crippen LogP contribution in [-0.4, -0.2) is 40.1 Å². The summed E-state index contributed by atoms with van der Waals surface area (Å²) in [6, 6.07) is 1.55. The van der Waals surface area contributed by atoms with Crippen molar-refractivity contribution < 1.29 is 0 Å². The van der Waals surface area contributed by atoms with Gasteiger partial charge in [-0.15, -0.1) is 0 Å². The van der Waals surface area contributed by atoms with E-state index in [4.69, 9.17) is 0 Å². The molecule has 1 aliphatic carbocycles. The van der Waals surface area contributed by atoms with Gasteiger partial charge in [-0.2, -0.15) is 0 Å². The minimum absolute atomic E-state index is 0.645. The molecule has 17 heavy (non-hydrogen) atoms. The molecule has 1 unspecified atom stereocenters.